The number of rotatable bonds is 9. The summed E-state index contributed by atoms with van der Waals surface area (Å²) in [6.07, 6.45) is 0.301. The molecule has 0 saturated heterocycles. The number of nitrogens with one attached hydrogen (secondary N) is 2. The lowest BCUT2D eigenvalue weighted by Gasteiger charge is -2.23. The van der Waals surface area contributed by atoms with Crippen LogP contribution in [0.25, 0.3) is 0 Å². The summed E-state index contributed by atoms with van der Waals surface area (Å²) < 4.78 is 0. The summed E-state index contributed by atoms with van der Waals surface area (Å²) in [5.74, 6) is 0. The normalized spacial score (nSPS) is 14.3. The number of hydrogen-bond acceptors (Lipinski definition) is 4. The predicted octanol–water partition coefficient (Wildman–Crippen LogP) is 0.979. The molecule has 0 radical (unpaired) electrons. The lowest BCUT2D eigenvalue weighted by Crippen LogP contribution is -2.39. The Bertz CT molecular complexity index is 341. The van der Waals surface area contributed by atoms with Crippen molar-refractivity contribution in [3.63, 3.8) is 0 Å². The molecule has 0 bridgehead atoms. The standard InChI is InChI=1S/C15H26N2O2/c1-3-16-9-4-10-17-14(11-18)15(19)13-7-5-12(2)6-8-13/h5-8,14-19H,3-4,9-11H2,1-2H3/t14-,15-/m1/s1. The molecule has 0 spiro atoms. The van der Waals surface area contributed by atoms with Crippen LogP contribution < -0.4 is 10.6 Å². The molecule has 0 aliphatic heterocycles. The van der Waals surface area contributed by atoms with Crippen LogP contribution in [0.4, 0.5) is 0 Å². The second kappa shape index (κ2) is 9.04. The Hall–Kier alpha value is -0.940. The average Bonchev–Trinajstić information content (AvgIpc) is 2.43. The van der Waals surface area contributed by atoms with E-state index in [0.29, 0.717) is 0 Å². The van der Waals surface area contributed by atoms with Gasteiger partial charge in [-0.3, -0.25) is 0 Å². The fourth-order valence-electron chi connectivity index (χ4n) is 1.95. The highest BCUT2D eigenvalue weighted by atomic mass is 16.3. The van der Waals surface area contributed by atoms with Crippen molar-refractivity contribution in [2.24, 2.45) is 0 Å². The average molecular weight is 266 g/mol. The highest BCUT2D eigenvalue weighted by Gasteiger charge is 2.19. The topological polar surface area (TPSA) is 64.5 Å². The van der Waals surface area contributed by atoms with Gasteiger partial charge in [0, 0.05) is 0 Å². The predicted molar refractivity (Wildman–Crippen MR) is 78.2 cm³/mol. The summed E-state index contributed by atoms with van der Waals surface area (Å²) in [4.78, 5) is 0. The molecule has 1 aromatic carbocycles. The summed E-state index contributed by atoms with van der Waals surface area (Å²) in [6.45, 7) is 6.71. The Balaban J connectivity index is 2.42. The molecule has 0 unspecified atom stereocenters. The molecule has 0 heterocycles. The molecule has 0 aromatic heterocycles. The number of aliphatic hydroxyl groups is 2. The summed E-state index contributed by atoms with van der Waals surface area (Å²) in [5.41, 5.74) is 2.00. The minimum Gasteiger partial charge on any atom is -0.395 e. The van der Waals surface area contributed by atoms with Gasteiger partial charge >= 0.3 is 0 Å². The Labute approximate surface area is 115 Å². The fraction of sp³-hybridized carbons (Fsp3) is 0.600. The first-order chi connectivity index (χ1) is 9.19. The van der Waals surface area contributed by atoms with Crippen LogP contribution in [-0.4, -0.2) is 42.5 Å². The molecule has 4 nitrogen and oxygen atoms in total. The molecule has 1 rings (SSSR count). The van der Waals surface area contributed by atoms with E-state index in [1.54, 1.807) is 0 Å². The van der Waals surface area contributed by atoms with Crippen LogP contribution in [-0.2, 0) is 0 Å². The van der Waals surface area contributed by atoms with E-state index in [0.717, 1.165) is 37.2 Å². The van der Waals surface area contributed by atoms with Crippen molar-refractivity contribution in [2.75, 3.05) is 26.2 Å². The van der Waals surface area contributed by atoms with Crippen LogP contribution in [0.1, 0.15) is 30.6 Å². The van der Waals surface area contributed by atoms with Gasteiger partial charge in [0.15, 0.2) is 0 Å². The van der Waals surface area contributed by atoms with Crippen LogP contribution in [0, 0.1) is 6.92 Å². The molecule has 108 valence electrons. The van der Waals surface area contributed by atoms with Crippen LogP contribution in [0.5, 0.6) is 0 Å². The molecule has 1 aromatic rings. The van der Waals surface area contributed by atoms with Gasteiger partial charge in [0.1, 0.15) is 0 Å². The van der Waals surface area contributed by atoms with Crippen LogP contribution >= 0.6 is 0 Å². The molecule has 0 aliphatic rings. The van der Waals surface area contributed by atoms with E-state index in [1.165, 1.54) is 0 Å². The number of hydrogen-bond donors (Lipinski definition) is 4. The number of benzene rings is 1. The van der Waals surface area contributed by atoms with Crippen LogP contribution in [0.2, 0.25) is 0 Å². The molecule has 2 atom stereocenters. The van der Waals surface area contributed by atoms with E-state index < -0.39 is 6.10 Å². The molecule has 4 heteroatoms. The summed E-state index contributed by atoms with van der Waals surface area (Å²) in [7, 11) is 0. The summed E-state index contributed by atoms with van der Waals surface area (Å²) >= 11 is 0. The molecular formula is C15H26N2O2. The number of aryl methyl sites for hydroxylation is 1. The molecule has 0 saturated carbocycles. The zero-order valence-electron chi connectivity index (χ0n) is 11.9. The second-order valence-electron chi connectivity index (χ2n) is 4.81. The Morgan fingerprint density at radius 1 is 1.16 bits per heavy atom. The van der Waals surface area contributed by atoms with Crippen molar-refractivity contribution in [1.82, 2.24) is 10.6 Å². The van der Waals surface area contributed by atoms with Gasteiger partial charge in [-0.15, -0.1) is 0 Å². The van der Waals surface area contributed by atoms with Gasteiger partial charge in [-0.1, -0.05) is 36.8 Å². The molecule has 0 aliphatic carbocycles. The minimum absolute atomic E-state index is 0.0732. The monoisotopic (exact) mass is 266 g/mol. The summed E-state index contributed by atoms with van der Waals surface area (Å²) in [6, 6.07) is 7.44. The first kappa shape index (κ1) is 16.1. The van der Waals surface area contributed by atoms with Gasteiger partial charge in [0.2, 0.25) is 0 Å². The maximum absolute atomic E-state index is 10.2. The molecule has 0 fully saturated rings. The van der Waals surface area contributed by atoms with Gasteiger partial charge in [0.25, 0.3) is 0 Å². The van der Waals surface area contributed by atoms with Crippen molar-refractivity contribution >= 4 is 0 Å². The van der Waals surface area contributed by atoms with Gasteiger partial charge in [-0.05, 0) is 38.5 Å². The van der Waals surface area contributed by atoms with E-state index >= 15 is 0 Å². The van der Waals surface area contributed by atoms with Gasteiger partial charge in [-0.25, -0.2) is 0 Å². The van der Waals surface area contributed by atoms with Crippen molar-refractivity contribution in [2.45, 2.75) is 32.4 Å². The zero-order valence-corrected chi connectivity index (χ0v) is 11.9. The largest absolute Gasteiger partial charge is 0.395 e. The van der Waals surface area contributed by atoms with E-state index in [-0.39, 0.29) is 12.6 Å². The van der Waals surface area contributed by atoms with Crippen molar-refractivity contribution in [3.05, 3.63) is 35.4 Å². The lowest BCUT2D eigenvalue weighted by molar-refractivity contribution is 0.0900. The highest BCUT2D eigenvalue weighted by molar-refractivity contribution is 5.24. The third-order valence-electron chi connectivity index (χ3n) is 3.18. The van der Waals surface area contributed by atoms with Crippen LogP contribution in [0.15, 0.2) is 24.3 Å². The first-order valence-electron chi connectivity index (χ1n) is 6.98. The molecule has 4 N–H and O–H groups in total. The summed E-state index contributed by atoms with van der Waals surface area (Å²) in [5, 5.41) is 26.1. The molecular weight excluding hydrogens is 240 g/mol. The fourth-order valence-corrected chi connectivity index (χ4v) is 1.95. The molecule has 19 heavy (non-hydrogen) atoms. The first-order valence-corrected chi connectivity index (χ1v) is 6.98. The van der Waals surface area contributed by atoms with Gasteiger partial charge in [0.05, 0.1) is 18.8 Å². The van der Waals surface area contributed by atoms with E-state index in [1.807, 2.05) is 31.2 Å². The quantitative estimate of drug-likeness (QED) is 0.503. The van der Waals surface area contributed by atoms with Gasteiger partial charge in [-0.2, -0.15) is 0 Å². The van der Waals surface area contributed by atoms with E-state index in [2.05, 4.69) is 17.6 Å². The Morgan fingerprint density at radius 3 is 2.42 bits per heavy atom. The van der Waals surface area contributed by atoms with Crippen molar-refractivity contribution in [3.8, 4) is 0 Å². The van der Waals surface area contributed by atoms with E-state index in [4.69, 9.17) is 0 Å². The highest BCUT2D eigenvalue weighted by Crippen LogP contribution is 2.17. The third-order valence-corrected chi connectivity index (χ3v) is 3.18. The second-order valence-corrected chi connectivity index (χ2v) is 4.81. The molecule has 0 amide bonds. The van der Waals surface area contributed by atoms with Crippen molar-refractivity contribution in [1.29, 1.82) is 0 Å². The van der Waals surface area contributed by atoms with E-state index in [9.17, 15) is 10.2 Å². The smallest absolute Gasteiger partial charge is 0.0965 e. The number of aliphatic hydroxyl groups excluding tert-OH is 2. The zero-order chi connectivity index (χ0) is 14.1. The van der Waals surface area contributed by atoms with Crippen LogP contribution in [0.3, 0.4) is 0 Å². The Kier molecular flexibility index (Phi) is 7.67. The van der Waals surface area contributed by atoms with Gasteiger partial charge < -0.3 is 20.8 Å². The maximum Gasteiger partial charge on any atom is 0.0965 e. The SMILES string of the molecule is CCNCCCN[C@H](CO)[C@H](O)c1ccc(C)cc1. The Morgan fingerprint density at radius 2 is 1.84 bits per heavy atom. The minimum atomic E-state index is -0.676. The maximum atomic E-state index is 10.2. The lowest BCUT2D eigenvalue weighted by atomic mass is 10.0. The van der Waals surface area contributed by atoms with Crippen molar-refractivity contribution < 1.29 is 10.2 Å². The third kappa shape index (κ3) is 5.70.